The number of nitrogens with one attached hydrogen (secondary N) is 2. The first kappa shape index (κ1) is 23.2. The molecule has 9 heteroatoms. The number of ether oxygens (including phenoxy) is 3. The van der Waals surface area contributed by atoms with Crippen LogP contribution in [0.2, 0.25) is 0 Å². The summed E-state index contributed by atoms with van der Waals surface area (Å²) in [5, 5.41) is 20.1. The van der Waals surface area contributed by atoms with Gasteiger partial charge in [0.2, 0.25) is 11.7 Å². The molecule has 4 atom stereocenters. The summed E-state index contributed by atoms with van der Waals surface area (Å²) in [6, 6.07) is 8.02. The Morgan fingerprint density at radius 3 is 2.27 bits per heavy atom. The van der Waals surface area contributed by atoms with Gasteiger partial charge in [0.15, 0.2) is 11.5 Å². The van der Waals surface area contributed by atoms with E-state index in [9.17, 15) is 15.0 Å². The number of methoxy groups -OCH3 is 3. The monoisotopic (exact) mass is 457 g/mol. The van der Waals surface area contributed by atoms with Crippen LogP contribution in [-0.2, 0) is 4.79 Å². The number of phenolic OH excluding ortho intramolecular Hbond substituents is 1. The zero-order valence-corrected chi connectivity index (χ0v) is 19.3. The van der Waals surface area contributed by atoms with E-state index in [1.54, 1.807) is 32.3 Å². The Balaban J connectivity index is 1.85. The van der Waals surface area contributed by atoms with Gasteiger partial charge in [-0.2, -0.15) is 0 Å². The van der Waals surface area contributed by atoms with Crippen molar-refractivity contribution in [3.63, 3.8) is 0 Å². The van der Waals surface area contributed by atoms with Gasteiger partial charge in [-0.15, -0.1) is 0 Å². The summed E-state index contributed by atoms with van der Waals surface area (Å²) in [5.74, 6) is 1.35. The standard InChI is InChI=1S/C24H31N3O6/c1-13-6-7-16(29)15(10-13)20-19-21(26-25-20)24(30)27(8-5-9-28)22(19)14-11-17(31-2)23(33-4)18(12-14)32-3/h6-7,10-12,19-22,25-26,28-29H,5,8-9H2,1-4H3. The molecule has 2 aliphatic rings. The Hall–Kier alpha value is -3.01. The third-order valence-electron chi connectivity index (χ3n) is 6.52. The number of phenols is 1. The normalized spacial score (nSPS) is 24.2. The van der Waals surface area contributed by atoms with Crippen LogP contribution < -0.4 is 25.1 Å². The SMILES string of the molecule is COc1cc(C2C3C(NNC3c3cc(C)ccc3O)C(=O)N2CCCO)cc(OC)c1OC. The molecule has 2 heterocycles. The van der Waals surface area contributed by atoms with Gasteiger partial charge in [0, 0.05) is 24.6 Å². The summed E-state index contributed by atoms with van der Waals surface area (Å²) >= 11 is 0. The lowest BCUT2D eigenvalue weighted by atomic mass is 9.82. The van der Waals surface area contributed by atoms with E-state index in [0.29, 0.717) is 30.2 Å². The lowest BCUT2D eigenvalue weighted by Gasteiger charge is -2.32. The minimum absolute atomic E-state index is 0.0190. The topological polar surface area (TPSA) is 113 Å². The van der Waals surface area contributed by atoms with E-state index < -0.39 is 6.04 Å². The number of carbonyl (C=O) groups excluding carboxylic acids is 1. The number of hydrogen-bond acceptors (Lipinski definition) is 8. The highest BCUT2D eigenvalue weighted by Crippen LogP contribution is 2.51. The van der Waals surface area contributed by atoms with E-state index >= 15 is 0 Å². The number of rotatable bonds is 8. The van der Waals surface area contributed by atoms with Crippen molar-refractivity contribution in [2.45, 2.75) is 31.5 Å². The highest BCUT2D eigenvalue weighted by molar-refractivity contribution is 5.86. The van der Waals surface area contributed by atoms with E-state index in [1.807, 2.05) is 31.2 Å². The maximum Gasteiger partial charge on any atom is 0.242 e. The minimum atomic E-state index is -0.488. The van der Waals surface area contributed by atoms with Crippen LogP contribution in [-0.4, -0.2) is 61.5 Å². The van der Waals surface area contributed by atoms with Crippen LogP contribution >= 0.6 is 0 Å². The predicted molar refractivity (Wildman–Crippen MR) is 121 cm³/mol. The summed E-state index contributed by atoms with van der Waals surface area (Å²) < 4.78 is 16.6. The summed E-state index contributed by atoms with van der Waals surface area (Å²) in [4.78, 5) is 15.2. The van der Waals surface area contributed by atoms with Gasteiger partial charge < -0.3 is 29.3 Å². The number of hydrogen-bond donors (Lipinski definition) is 4. The summed E-state index contributed by atoms with van der Waals surface area (Å²) in [5.41, 5.74) is 8.95. The lowest BCUT2D eigenvalue weighted by Crippen LogP contribution is -2.41. The number of nitrogens with zero attached hydrogens (tertiary/aromatic N) is 1. The van der Waals surface area contributed by atoms with Gasteiger partial charge in [-0.1, -0.05) is 17.7 Å². The predicted octanol–water partition coefficient (Wildman–Crippen LogP) is 1.83. The van der Waals surface area contributed by atoms with E-state index in [0.717, 1.165) is 16.7 Å². The number of fused-ring (bicyclic) bond motifs is 1. The van der Waals surface area contributed by atoms with Crippen LogP contribution in [0.1, 0.15) is 35.2 Å². The molecule has 2 aromatic carbocycles. The van der Waals surface area contributed by atoms with Crippen LogP contribution in [0, 0.1) is 12.8 Å². The van der Waals surface area contributed by atoms with Crippen LogP contribution in [0.3, 0.4) is 0 Å². The molecule has 0 bridgehead atoms. The van der Waals surface area contributed by atoms with Crippen LogP contribution in [0.5, 0.6) is 23.0 Å². The van der Waals surface area contributed by atoms with Crippen LogP contribution in [0.25, 0.3) is 0 Å². The third-order valence-corrected chi connectivity index (χ3v) is 6.52. The van der Waals surface area contributed by atoms with Crippen molar-refractivity contribution in [2.24, 2.45) is 5.92 Å². The molecular weight excluding hydrogens is 426 g/mol. The number of amides is 1. The first-order valence-corrected chi connectivity index (χ1v) is 11.0. The molecule has 4 rings (SSSR count). The molecule has 1 amide bonds. The molecule has 0 aromatic heterocycles. The minimum Gasteiger partial charge on any atom is -0.508 e. The largest absolute Gasteiger partial charge is 0.508 e. The molecule has 2 fully saturated rings. The fourth-order valence-electron chi connectivity index (χ4n) is 5.05. The van der Waals surface area contributed by atoms with Crippen molar-refractivity contribution in [1.82, 2.24) is 15.8 Å². The molecule has 2 saturated heterocycles. The van der Waals surface area contributed by atoms with Gasteiger partial charge in [-0.05, 0) is 37.1 Å². The Labute approximate surface area is 193 Å². The maximum atomic E-state index is 13.4. The second-order valence-electron chi connectivity index (χ2n) is 8.40. The molecule has 9 nitrogen and oxygen atoms in total. The van der Waals surface area contributed by atoms with Crippen LogP contribution in [0.15, 0.2) is 30.3 Å². The van der Waals surface area contributed by atoms with Gasteiger partial charge >= 0.3 is 0 Å². The van der Waals surface area contributed by atoms with Crippen molar-refractivity contribution in [2.75, 3.05) is 34.5 Å². The molecule has 0 aliphatic carbocycles. The Bertz CT molecular complexity index is 1000. The van der Waals surface area contributed by atoms with Gasteiger partial charge in [-0.25, -0.2) is 10.9 Å². The second-order valence-corrected chi connectivity index (χ2v) is 8.40. The number of aliphatic hydroxyl groups excluding tert-OH is 1. The summed E-state index contributed by atoms with van der Waals surface area (Å²) in [6.45, 7) is 2.35. The van der Waals surface area contributed by atoms with Gasteiger partial charge in [0.25, 0.3) is 0 Å². The van der Waals surface area contributed by atoms with Gasteiger partial charge in [-0.3, -0.25) is 4.79 Å². The molecular formula is C24H31N3O6. The van der Waals surface area contributed by atoms with Gasteiger partial charge in [0.1, 0.15) is 11.8 Å². The van der Waals surface area contributed by atoms with E-state index in [2.05, 4.69) is 10.9 Å². The molecule has 178 valence electrons. The zero-order chi connectivity index (χ0) is 23.7. The highest BCUT2D eigenvalue weighted by Gasteiger charge is 2.55. The average molecular weight is 458 g/mol. The number of aromatic hydroxyl groups is 1. The number of benzene rings is 2. The molecule has 0 spiro atoms. The van der Waals surface area contributed by atoms with Crippen LogP contribution in [0.4, 0.5) is 0 Å². The lowest BCUT2D eigenvalue weighted by molar-refractivity contribution is -0.130. The van der Waals surface area contributed by atoms with Crippen molar-refractivity contribution in [1.29, 1.82) is 0 Å². The van der Waals surface area contributed by atoms with Crippen molar-refractivity contribution >= 4 is 5.91 Å². The maximum absolute atomic E-state index is 13.4. The molecule has 0 saturated carbocycles. The van der Waals surface area contributed by atoms with Crippen molar-refractivity contribution < 1.29 is 29.2 Å². The number of carbonyl (C=O) groups is 1. The van der Waals surface area contributed by atoms with E-state index in [-0.39, 0.29) is 36.3 Å². The molecule has 4 N–H and O–H groups in total. The quantitative estimate of drug-likeness (QED) is 0.475. The Morgan fingerprint density at radius 2 is 1.67 bits per heavy atom. The first-order chi connectivity index (χ1) is 15.9. The number of aliphatic hydroxyl groups is 1. The summed E-state index contributed by atoms with van der Waals surface area (Å²) in [6.07, 6.45) is 0.458. The molecule has 0 radical (unpaired) electrons. The second kappa shape index (κ2) is 9.46. The fourth-order valence-corrected chi connectivity index (χ4v) is 5.05. The average Bonchev–Trinajstić information content (AvgIpc) is 3.36. The van der Waals surface area contributed by atoms with Crippen molar-refractivity contribution in [3.05, 3.63) is 47.0 Å². The van der Waals surface area contributed by atoms with E-state index in [1.165, 1.54) is 0 Å². The fraction of sp³-hybridized carbons (Fsp3) is 0.458. The van der Waals surface area contributed by atoms with Gasteiger partial charge in [0.05, 0.1) is 33.4 Å². The Morgan fingerprint density at radius 1 is 1.00 bits per heavy atom. The highest BCUT2D eigenvalue weighted by atomic mass is 16.5. The number of likely N-dealkylation sites (tertiary alicyclic amines) is 1. The number of aryl methyl sites for hydroxylation is 1. The first-order valence-electron chi connectivity index (χ1n) is 11.0. The summed E-state index contributed by atoms with van der Waals surface area (Å²) in [7, 11) is 4.66. The van der Waals surface area contributed by atoms with Crippen molar-refractivity contribution in [3.8, 4) is 23.0 Å². The zero-order valence-electron chi connectivity index (χ0n) is 19.3. The number of hydrazine groups is 1. The smallest absolute Gasteiger partial charge is 0.242 e. The molecule has 2 aromatic rings. The molecule has 33 heavy (non-hydrogen) atoms. The Kier molecular flexibility index (Phi) is 6.64. The molecule has 4 unspecified atom stereocenters. The third kappa shape index (κ3) is 3.96. The molecule has 2 aliphatic heterocycles. The van der Waals surface area contributed by atoms with E-state index in [4.69, 9.17) is 14.2 Å².